The minimum absolute atomic E-state index is 0.0550. The van der Waals surface area contributed by atoms with Gasteiger partial charge in [-0.3, -0.25) is 4.79 Å². The second kappa shape index (κ2) is 10.4. The first kappa shape index (κ1) is 22.0. The summed E-state index contributed by atoms with van der Waals surface area (Å²) < 4.78 is 0. The SMILES string of the molecule is Cc1ccc2[nH]c(=O)c(CN(CC[NH+](C)C)C(=S)NCCc3ccccc3)cc2c1. The molecule has 0 radical (unpaired) electrons. The number of nitrogens with zero attached hydrogens (tertiary/aromatic N) is 1. The highest BCUT2D eigenvalue weighted by Gasteiger charge is 2.14. The zero-order valence-electron chi connectivity index (χ0n) is 18.0. The van der Waals surface area contributed by atoms with Crippen LogP contribution in [0.1, 0.15) is 16.7 Å². The van der Waals surface area contributed by atoms with Gasteiger partial charge in [0.15, 0.2) is 5.11 Å². The highest BCUT2D eigenvalue weighted by atomic mass is 32.1. The quantitative estimate of drug-likeness (QED) is 0.485. The fourth-order valence-corrected chi connectivity index (χ4v) is 3.63. The average Bonchev–Trinajstić information content (AvgIpc) is 2.72. The zero-order valence-corrected chi connectivity index (χ0v) is 18.8. The third-order valence-corrected chi connectivity index (χ3v) is 5.54. The van der Waals surface area contributed by atoms with Gasteiger partial charge in [-0.25, -0.2) is 0 Å². The number of aromatic nitrogens is 1. The molecule has 0 atom stereocenters. The summed E-state index contributed by atoms with van der Waals surface area (Å²) in [7, 11) is 4.24. The molecule has 0 unspecified atom stereocenters. The monoisotopic (exact) mass is 423 g/mol. The van der Waals surface area contributed by atoms with Crippen LogP contribution in [0, 0.1) is 6.92 Å². The van der Waals surface area contributed by atoms with Gasteiger partial charge in [0.2, 0.25) is 0 Å². The van der Waals surface area contributed by atoms with E-state index in [4.69, 9.17) is 12.2 Å². The molecule has 1 heterocycles. The van der Waals surface area contributed by atoms with Crippen molar-refractivity contribution < 1.29 is 4.90 Å². The summed E-state index contributed by atoms with van der Waals surface area (Å²) in [6.07, 6.45) is 0.906. The fourth-order valence-electron chi connectivity index (χ4n) is 3.38. The number of rotatable bonds is 8. The Hall–Kier alpha value is -2.70. The summed E-state index contributed by atoms with van der Waals surface area (Å²) in [5, 5.41) is 5.11. The molecule has 5 nitrogen and oxygen atoms in total. The second-order valence-corrected chi connectivity index (χ2v) is 8.45. The number of hydrogen-bond donors (Lipinski definition) is 3. The molecular weight excluding hydrogens is 392 g/mol. The lowest BCUT2D eigenvalue weighted by molar-refractivity contribution is -0.857. The van der Waals surface area contributed by atoms with Crippen molar-refractivity contribution in [3.63, 3.8) is 0 Å². The number of likely N-dealkylation sites (N-methyl/N-ethyl adjacent to an activating group) is 1. The maximum Gasteiger partial charge on any atom is 0.253 e. The van der Waals surface area contributed by atoms with E-state index in [0.29, 0.717) is 11.7 Å². The Bertz CT molecular complexity index is 1050. The van der Waals surface area contributed by atoms with Gasteiger partial charge in [0.1, 0.15) is 0 Å². The molecule has 6 heteroatoms. The number of aromatic amines is 1. The third kappa shape index (κ3) is 6.15. The van der Waals surface area contributed by atoms with E-state index in [0.717, 1.165) is 42.5 Å². The molecule has 158 valence electrons. The minimum atomic E-state index is -0.0550. The van der Waals surface area contributed by atoms with Crippen molar-refractivity contribution in [2.24, 2.45) is 0 Å². The number of H-pyrrole nitrogens is 1. The average molecular weight is 424 g/mol. The highest BCUT2D eigenvalue weighted by molar-refractivity contribution is 7.80. The first-order valence-electron chi connectivity index (χ1n) is 10.4. The van der Waals surface area contributed by atoms with E-state index < -0.39 is 0 Å². The normalized spacial score (nSPS) is 11.1. The van der Waals surface area contributed by atoms with Crippen molar-refractivity contribution in [1.82, 2.24) is 15.2 Å². The first-order chi connectivity index (χ1) is 14.4. The van der Waals surface area contributed by atoms with Crippen LogP contribution in [-0.4, -0.2) is 48.7 Å². The van der Waals surface area contributed by atoms with Crippen molar-refractivity contribution in [3.05, 3.63) is 81.6 Å². The molecule has 0 aliphatic carbocycles. The summed E-state index contributed by atoms with van der Waals surface area (Å²) in [4.78, 5) is 19.1. The number of hydrogen-bond acceptors (Lipinski definition) is 2. The smallest absolute Gasteiger partial charge is 0.253 e. The number of nitrogens with one attached hydrogen (secondary N) is 3. The zero-order chi connectivity index (χ0) is 21.5. The summed E-state index contributed by atoms with van der Waals surface area (Å²) in [5.74, 6) is 0. The van der Waals surface area contributed by atoms with Crippen molar-refractivity contribution in [1.29, 1.82) is 0 Å². The third-order valence-electron chi connectivity index (χ3n) is 5.14. The van der Waals surface area contributed by atoms with Crippen LogP contribution in [0.15, 0.2) is 59.4 Å². The van der Waals surface area contributed by atoms with Crippen LogP contribution in [0.4, 0.5) is 0 Å². The molecular formula is C24H31N4OS+. The van der Waals surface area contributed by atoms with E-state index in [9.17, 15) is 4.79 Å². The second-order valence-electron chi connectivity index (χ2n) is 8.06. The Morgan fingerprint density at radius 3 is 2.63 bits per heavy atom. The van der Waals surface area contributed by atoms with E-state index in [1.165, 1.54) is 16.0 Å². The van der Waals surface area contributed by atoms with Crippen LogP contribution < -0.4 is 15.8 Å². The van der Waals surface area contributed by atoms with Crippen molar-refractivity contribution in [2.45, 2.75) is 19.9 Å². The number of quaternary nitrogens is 1. The molecule has 3 aromatic rings. The summed E-state index contributed by atoms with van der Waals surface area (Å²) in [6.45, 7) is 5.03. The minimum Gasteiger partial charge on any atom is -0.362 e. The van der Waals surface area contributed by atoms with Crippen LogP contribution in [0.2, 0.25) is 0 Å². The topological polar surface area (TPSA) is 52.6 Å². The molecule has 3 N–H and O–H groups in total. The number of pyridine rings is 1. The Balaban J connectivity index is 1.72. The lowest BCUT2D eigenvalue weighted by Gasteiger charge is -2.26. The maximum atomic E-state index is 12.7. The van der Waals surface area contributed by atoms with Gasteiger partial charge in [0.25, 0.3) is 5.56 Å². The molecule has 30 heavy (non-hydrogen) atoms. The molecule has 3 rings (SSSR count). The van der Waals surface area contributed by atoms with Crippen LogP contribution in [-0.2, 0) is 13.0 Å². The molecule has 0 saturated heterocycles. The van der Waals surface area contributed by atoms with E-state index in [1.807, 2.05) is 36.4 Å². The number of benzene rings is 2. The Kier molecular flexibility index (Phi) is 7.60. The lowest BCUT2D eigenvalue weighted by Crippen LogP contribution is -3.06. The molecule has 0 spiro atoms. The number of thiocarbonyl (C=S) groups is 1. The van der Waals surface area contributed by atoms with Gasteiger partial charge < -0.3 is 20.1 Å². The maximum absolute atomic E-state index is 12.7. The van der Waals surface area contributed by atoms with E-state index in [1.54, 1.807) is 0 Å². The molecule has 0 bridgehead atoms. The largest absolute Gasteiger partial charge is 0.362 e. The Morgan fingerprint density at radius 2 is 1.90 bits per heavy atom. The molecule has 0 aliphatic rings. The van der Waals surface area contributed by atoms with E-state index >= 15 is 0 Å². The van der Waals surface area contributed by atoms with Gasteiger partial charge >= 0.3 is 0 Å². The van der Waals surface area contributed by atoms with Crippen molar-refractivity contribution in [2.75, 3.05) is 33.7 Å². The summed E-state index contributed by atoms with van der Waals surface area (Å²) in [6, 6.07) is 18.4. The fraction of sp³-hybridized carbons (Fsp3) is 0.333. The van der Waals surface area contributed by atoms with Gasteiger partial charge in [-0.2, -0.15) is 0 Å². The van der Waals surface area contributed by atoms with Crippen molar-refractivity contribution >= 4 is 28.2 Å². The van der Waals surface area contributed by atoms with Gasteiger partial charge in [0.05, 0.1) is 33.7 Å². The highest BCUT2D eigenvalue weighted by Crippen LogP contribution is 2.14. The van der Waals surface area contributed by atoms with Gasteiger partial charge in [-0.1, -0.05) is 42.0 Å². The lowest BCUT2D eigenvalue weighted by atomic mass is 10.1. The van der Waals surface area contributed by atoms with Crippen LogP contribution in [0.3, 0.4) is 0 Å². The summed E-state index contributed by atoms with van der Waals surface area (Å²) >= 11 is 5.70. The van der Waals surface area contributed by atoms with Gasteiger partial charge in [-0.15, -0.1) is 0 Å². The van der Waals surface area contributed by atoms with Crippen LogP contribution in [0.5, 0.6) is 0 Å². The number of aryl methyl sites for hydroxylation is 1. The Morgan fingerprint density at radius 1 is 1.13 bits per heavy atom. The molecule has 0 saturated carbocycles. The van der Waals surface area contributed by atoms with Crippen LogP contribution >= 0.6 is 12.2 Å². The standard InChI is InChI=1S/C24H30N4OS/c1-18-9-10-22-20(15-18)16-21(23(29)26-22)17-28(14-13-27(2)3)24(30)25-12-11-19-7-5-4-6-8-19/h4-10,15-16H,11-14,17H2,1-3H3,(H,25,30)(H,26,29)/p+1. The van der Waals surface area contributed by atoms with Gasteiger partial charge in [0, 0.05) is 17.6 Å². The Labute approximate surface area is 183 Å². The van der Waals surface area contributed by atoms with E-state index in [2.05, 4.69) is 54.4 Å². The van der Waals surface area contributed by atoms with Gasteiger partial charge in [-0.05, 0) is 54.7 Å². The van der Waals surface area contributed by atoms with Crippen LogP contribution in [0.25, 0.3) is 10.9 Å². The predicted molar refractivity (Wildman–Crippen MR) is 128 cm³/mol. The molecule has 0 amide bonds. The summed E-state index contributed by atoms with van der Waals surface area (Å²) in [5.41, 5.74) is 3.99. The first-order valence-corrected chi connectivity index (χ1v) is 10.8. The molecule has 2 aromatic carbocycles. The molecule has 1 aromatic heterocycles. The predicted octanol–water partition coefficient (Wildman–Crippen LogP) is 1.90. The number of fused-ring (bicyclic) bond motifs is 1. The molecule has 0 fully saturated rings. The van der Waals surface area contributed by atoms with E-state index in [-0.39, 0.29) is 5.56 Å². The molecule has 0 aliphatic heterocycles. The van der Waals surface area contributed by atoms with Crippen molar-refractivity contribution in [3.8, 4) is 0 Å².